The molecule has 1 saturated heterocycles. The van der Waals surface area contributed by atoms with Gasteiger partial charge in [0.05, 0.1) is 0 Å². The second kappa shape index (κ2) is 3.63. The summed E-state index contributed by atoms with van der Waals surface area (Å²) < 4.78 is 0. The Hall–Kier alpha value is 0.310. The van der Waals surface area contributed by atoms with Crippen LogP contribution in [0.1, 0.15) is 19.8 Å². The SMILES string of the molecule is CSC(C)C1CCCN1C. The van der Waals surface area contributed by atoms with Crippen molar-refractivity contribution < 1.29 is 0 Å². The molecule has 1 aliphatic rings. The van der Waals surface area contributed by atoms with Crippen LogP contribution in [-0.4, -0.2) is 36.0 Å². The molecule has 10 heavy (non-hydrogen) atoms. The summed E-state index contributed by atoms with van der Waals surface area (Å²) in [5.41, 5.74) is 0. The second-order valence-corrected chi connectivity index (χ2v) is 4.35. The molecule has 1 rings (SSSR count). The molecule has 2 atom stereocenters. The maximum Gasteiger partial charge on any atom is 0.0209 e. The Labute approximate surface area is 68.2 Å². The molecule has 2 heteroatoms. The summed E-state index contributed by atoms with van der Waals surface area (Å²) in [6.07, 6.45) is 5.00. The van der Waals surface area contributed by atoms with Gasteiger partial charge in [-0.1, -0.05) is 6.92 Å². The van der Waals surface area contributed by atoms with Crippen molar-refractivity contribution in [3.63, 3.8) is 0 Å². The number of nitrogens with zero attached hydrogens (tertiary/aromatic N) is 1. The largest absolute Gasteiger partial charge is 0.302 e. The molecule has 1 nitrogen and oxygen atoms in total. The van der Waals surface area contributed by atoms with Gasteiger partial charge < -0.3 is 4.90 Å². The lowest BCUT2D eigenvalue weighted by molar-refractivity contribution is 0.310. The third-order valence-corrected chi connectivity index (χ3v) is 3.55. The van der Waals surface area contributed by atoms with Crippen LogP contribution < -0.4 is 0 Å². The third-order valence-electron chi connectivity index (χ3n) is 2.49. The Morgan fingerprint density at radius 2 is 2.30 bits per heavy atom. The van der Waals surface area contributed by atoms with Gasteiger partial charge in [0.2, 0.25) is 0 Å². The molecule has 0 aromatic heterocycles. The highest BCUT2D eigenvalue weighted by Gasteiger charge is 2.25. The standard InChI is InChI=1S/C8H17NS/c1-7(10-3)8-5-4-6-9(8)2/h7-8H,4-6H2,1-3H3. The molecule has 0 bridgehead atoms. The van der Waals surface area contributed by atoms with Gasteiger partial charge in [-0.15, -0.1) is 0 Å². The Kier molecular flexibility index (Phi) is 3.05. The van der Waals surface area contributed by atoms with E-state index < -0.39 is 0 Å². The van der Waals surface area contributed by atoms with Crippen LogP contribution >= 0.6 is 11.8 Å². The molecule has 0 saturated carbocycles. The fourth-order valence-corrected chi connectivity index (χ4v) is 2.34. The zero-order valence-electron chi connectivity index (χ0n) is 7.13. The molecule has 1 aliphatic heterocycles. The maximum atomic E-state index is 2.49. The Balaban J connectivity index is 2.38. The van der Waals surface area contributed by atoms with Crippen LogP contribution in [0, 0.1) is 0 Å². The van der Waals surface area contributed by atoms with Gasteiger partial charge >= 0.3 is 0 Å². The Morgan fingerprint density at radius 3 is 2.70 bits per heavy atom. The molecule has 60 valence electrons. The highest BCUT2D eigenvalue weighted by Crippen LogP contribution is 2.24. The average molecular weight is 159 g/mol. The van der Waals surface area contributed by atoms with Gasteiger partial charge in [-0.05, 0) is 32.7 Å². The van der Waals surface area contributed by atoms with Crippen LogP contribution in [0.15, 0.2) is 0 Å². The lowest BCUT2D eigenvalue weighted by Crippen LogP contribution is -2.32. The van der Waals surface area contributed by atoms with E-state index in [9.17, 15) is 0 Å². The molecule has 0 aromatic carbocycles. The monoisotopic (exact) mass is 159 g/mol. The van der Waals surface area contributed by atoms with Crippen molar-refractivity contribution in [2.24, 2.45) is 0 Å². The van der Waals surface area contributed by atoms with Crippen molar-refractivity contribution in [3.8, 4) is 0 Å². The van der Waals surface area contributed by atoms with Crippen molar-refractivity contribution in [2.75, 3.05) is 19.8 Å². The summed E-state index contributed by atoms with van der Waals surface area (Å²) in [6, 6.07) is 0.843. The first-order valence-corrected chi connectivity index (χ1v) is 5.27. The molecule has 2 unspecified atom stereocenters. The minimum absolute atomic E-state index is 0.812. The van der Waals surface area contributed by atoms with E-state index in [4.69, 9.17) is 0 Å². The molecular weight excluding hydrogens is 142 g/mol. The molecular formula is C8H17NS. The van der Waals surface area contributed by atoms with E-state index in [-0.39, 0.29) is 0 Å². The number of hydrogen-bond acceptors (Lipinski definition) is 2. The van der Waals surface area contributed by atoms with Crippen LogP contribution in [0.2, 0.25) is 0 Å². The summed E-state index contributed by atoms with van der Waals surface area (Å²) in [4.78, 5) is 2.49. The number of likely N-dealkylation sites (tertiary alicyclic amines) is 1. The molecule has 0 N–H and O–H groups in total. The van der Waals surface area contributed by atoms with Crippen molar-refractivity contribution in [1.82, 2.24) is 4.90 Å². The van der Waals surface area contributed by atoms with E-state index in [2.05, 4.69) is 25.1 Å². The van der Waals surface area contributed by atoms with Crippen molar-refractivity contribution >= 4 is 11.8 Å². The van der Waals surface area contributed by atoms with Gasteiger partial charge in [-0.3, -0.25) is 0 Å². The van der Waals surface area contributed by atoms with E-state index in [1.54, 1.807) is 0 Å². The van der Waals surface area contributed by atoms with E-state index in [1.165, 1.54) is 19.4 Å². The van der Waals surface area contributed by atoms with Crippen LogP contribution in [-0.2, 0) is 0 Å². The fraction of sp³-hybridized carbons (Fsp3) is 1.00. The van der Waals surface area contributed by atoms with Gasteiger partial charge in [0.25, 0.3) is 0 Å². The Morgan fingerprint density at radius 1 is 1.60 bits per heavy atom. The van der Waals surface area contributed by atoms with Gasteiger partial charge in [-0.25, -0.2) is 0 Å². The van der Waals surface area contributed by atoms with Crippen LogP contribution in [0.4, 0.5) is 0 Å². The van der Waals surface area contributed by atoms with E-state index in [1.807, 2.05) is 11.8 Å². The second-order valence-electron chi connectivity index (χ2n) is 3.13. The Bertz CT molecular complexity index is 105. The normalized spacial score (nSPS) is 30.9. The minimum atomic E-state index is 0.812. The smallest absolute Gasteiger partial charge is 0.0209 e. The highest BCUT2D eigenvalue weighted by molar-refractivity contribution is 7.99. The molecule has 1 fully saturated rings. The first kappa shape index (κ1) is 8.41. The van der Waals surface area contributed by atoms with Crippen LogP contribution in [0.5, 0.6) is 0 Å². The van der Waals surface area contributed by atoms with Crippen molar-refractivity contribution in [3.05, 3.63) is 0 Å². The van der Waals surface area contributed by atoms with E-state index in [0.717, 1.165) is 11.3 Å². The molecule has 0 radical (unpaired) electrons. The predicted octanol–water partition coefficient (Wildman–Crippen LogP) is 1.83. The minimum Gasteiger partial charge on any atom is -0.302 e. The molecule has 0 aromatic rings. The summed E-state index contributed by atoms with van der Waals surface area (Å²) in [5, 5.41) is 0.812. The topological polar surface area (TPSA) is 3.24 Å². The zero-order valence-corrected chi connectivity index (χ0v) is 7.95. The van der Waals surface area contributed by atoms with Gasteiger partial charge in [0, 0.05) is 11.3 Å². The van der Waals surface area contributed by atoms with Gasteiger partial charge in [0.1, 0.15) is 0 Å². The third kappa shape index (κ3) is 1.67. The lowest BCUT2D eigenvalue weighted by atomic mass is 10.2. The highest BCUT2D eigenvalue weighted by atomic mass is 32.2. The van der Waals surface area contributed by atoms with E-state index in [0.29, 0.717) is 0 Å². The number of rotatable bonds is 2. The molecule has 0 amide bonds. The first-order valence-electron chi connectivity index (χ1n) is 3.98. The molecule has 0 spiro atoms. The maximum absolute atomic E-state index is 2.49. The van der Waals surface area contributed by atoms with Crippen LogP contribution in [0.25, 0.3) is 0 Å². The van der Waals surface area contributed by atoms with Crippen LogP contribution in [0.3, 0.4) is 0 Å². The van der Waals surface area contributed by atoms with Gasteiger partial charge in [0.15, 0.2) is 0 Å². The number of hydrogen-bond donors (Lipinski definition) is 0. The average Bonchev–Trinajstić information content (AvgIpc) is 2.34. The lowest BCUT2D eigenvalue weighted by Gasteiger charge is -2.24. The fourth-order valence-electron chi connectivity index (χ4n) is 1.69. The quantitative estimate of drug-likeness (QED) is 0.605. The number of thioether (sulfide) groups is 1. The predicted molar refractivity (Wildman–Crippen MR) is 48.6 cm³/mol. The first-order chi connectivity index (χ1) is 4.75. The summed E-state index contributed by atoms with van der Waals surface area (Å²) in [5.74, 6) is 0. The zero-order chi connectivity index (χ0) is 7.56. The van der Waals surface area contributed by atoms with Gasteiger partial charge in [-0.2, -0.15) is 11.8 Å². The molecule has 1 heterocycles. The van der Waals surface area contributed by atoms with Crippen molar-refractivity contribution in [2.45, 2.75) is 31.1 Å². The summed E-state index contributed by atoms with van der Waals surface area (Å²) in [6.45, 7) is 3.63. The summed E-state index contributed by atoms with van der Waals surface area (Å²) >= 11 is 1.98. The van der Waals surface area contributed by atoms with E-state index >= 15 is 0 Å². The van der Waals surface area contributed by atoms with Crippen molar-refractivity contribution in [1.29, 1.82) is 0 Å². The molecule has 0 aliphatic carbocycles. The summed E-state index contributed by atoms with van der Waals surface area (Å²) in [7, 11) is 2.24.